The molecule has 2 rings (SSSR count). The number of benzene rings is 2. The molecule has 0 fully saturated rings. The van der Waals surface area contributed by atoms with Crippen molar-refractivity contribution in [2.45, 2.75) is 0 Å². The van der Waals surface area contributed by atoms with Crippen LogP contribution in [-0.2, 0) is 17.1 Å². The zero-order chi connectivity index (χ0) is 14.2. The van der Waals surface area contributed by atoms with Crippen LogP contribution in [0, 0.1) is 0 Å². The molecule has 0 aromatic heterocycles. The van der Waals surface area contributed by atoms with Crippen molar-refractivity contribution in [1.29, 1.82) is 0 Å². The molecule has 0 aliphatic rings. The number of para-hydroxylation sites is 2. The van der Waals surface area contributed by atoms with Crippen molar-refractivity contribution in [2.75, 3.05) is 13.1 Å². The fraction of sp³-hybridized carbons (Fsp3) is 0.125. The van der Waals surface area contributed by atoms with E-state index in [9.17, 15) is 10.2 Å². The SMILES string of the molecule is [Cl-].[Mn+3].[O-]c1ccccc1C=NCCN=Cc1ccccc1[O-]. The van der Waals surface area contributed by atoms with Crippen LogP contribution in [0.2, 0.25) is 0 Å². The van der Waals surface area contributed by atoms with Gasteiger partial charge in [0.2, 0.25) is 0 Å². The Labute approximate surface area is 146 Å². The van der Waals surface area contributed by atoms with Crippen LogP contribution in [0.4, 0.5) is 0 Å². The van der Waals surface area contributed by atoms with Crippen LogP contribution in [0.15, 0.2) is 58.5 Å². The van der Waals surface area contributed by atoms with Gasteiger partial charge in [-0.2, -0.15) is 0 Å². The van der Waals surface area contributed by atoms with Gasteiger partial charge in [-0.3, -0.25) is 9.98 Å². The minimum absolute atomic E-state index is 0. The second kappa shape index (κ2) is 10.9. The van der Waals surface area contributed by atoms with E-state index in [-0.39, 0.29) is 41.0 Å². The molecule has 2 aromatic carbocycles. The molecular weight excluding hydrogens is 343 g/mol. The number of nitrogens with zero attached hydrogens (tertiary/aromatic N) is 2. The van der Waals surface area contributed by atoms with Crippen LogP contribution in [0.5, 0.6) is 11.5 Å². The number of halogens is 1. The first-order valence-corrected chi connectivity index (χ1v) is 6.29. The Kier molecular flexibility index (Phi) is 9.96. The predicted octanol–water partition coefficient (Wildman–Crippen LogP) is -1.63. The van der Waals surface area contributed by atoms with Gasteiger partial charge < -0.3 is 22.6 Å². The monoisotopic (exact) mass is 356 g/mol. The largest absolute Gasteiger partial charge is 3.00 e. The number of rotatable bonds is 5. The first-order valence-electron chi connectivity index (χ1n) is 6.29. The van der Waals surface area contributed by atoms with Gasteiger partial charge in [-0.15, -0.1) is 11.5 Å². The third-order valence-corrected chi connectivity index (χ3v) is 2.66. The molecule has 0 atom stereocenters. The van der Waals surface area contributed by atoms with Crippen molar-refractivity contribution in [3.05, 3.63) is 59.7 Å². The summed E-state index contributed by atoms with van der Waals surface area (Å²) in [5, 5.41) is 22.8. The van der Waals surface area contributed by atoms with Crippen molar-refractivity contribution < 1.29 is 39.7 Å². The Morgan fingerprint density at radius 2 is 1.09 bits per heavy atom. The van der Waals surface area contributed by atoms with Crippen molar-refractivity contribution in [1.82, 2.24) is 0 Å². The molecule has 0 unspecified atom stereocenters. The Morgan fingerprint density at radius 1 is 0.727 bits per heavy atom. The predicted molar refractivity (Wildman–Crippen MR) is 76.7 cm³/mol. The van der Waals surface area contributed by atoms with Crippen LogP contribution in [0.3, 0.4) is 0 Å². The van der Waals surface area contributed by atoms with Gasteiger partial charge in [0.1, 0.15) is 0 Å². The van der Waals surface area contributed by atoms with Gasteiger partial charge in [0.25, 0.3) is 0 Å². The molecule has 0 aliphatic heterocycles. The molecule has 0 saturated carbocycles. The summed E-state index contributed by atoms with van der Waals surface area (Å²) in [6.07, 6.45) is 3.11. The van der Waals surface area contributed by atoms with Crippen molar-refractivity contribution >= 4 is 12.4 Å². The molecule has 0 aliphatic carbocycles. The molecule has 0 spiro atoms. The molecule has 4 nitrogen and oxygen atoms in total. The Balaban J connectivity index is 0.00000220. The summed E-state index contributed by atoms with van der Waals surface area (Å²) >= 11 is 0. The van der Waals surface area contributed by atoms with E-state index in [4.69, 9.17) is 0 Å². The summed E-state index contributed by atoms with van der Waals surface area (Å²) in [4.78, 5) is 8.28. The second-order valence-electron chi connectivity index (χ2n) is 4.15. The molecule has 0 heterocycles. The summed E-state index contributed by atoms with van der Waals surface area (Å²) in [6.45, 7) is 0.956. The van der Waals surface area contributed by atoms with E-state index in [1.807, 2.05) is 0 Å². The molecule has 0 saturated heterocycles. The summed E-state index contributed by atoms with van der Waals surface area (Å²) in [5.74, 6) is -0.0833. The van der Waals surface area contributed by atoms with Gasteiger partial charge in [0.15, 0.2) is 0 Å². The molecule has 2 aromatic rings. The Hall–Kier alpha value is -1.81. The van der Waals surface area contributed by atoms with Crippen LogP contribution in [-0.4, -0.2) is 25.5 Å². The van der Waals surface area contributed by atoms with E-state index in [0.717, 1.165) is 0 Å². The zero-order valence-electron chi connectivity index (χ0n) is 11.7. The summed E-state index contributed by atoms with van der Waals surface area (Å²) in [6, 6.07) is 13.5. The van der Waals surface area contributed by atoms with Crippen molar-refractivity contribution in [2.24, 2.45) is 9.98 Å². The third kappa shape index (κ3) is 6.31. The average Bonchev–Trinajstić information content (AvgIpc) is 2.46. The molecule has 114 valence electrons. The summed E-state index contributed by atoms with van der Waals surface area (Å²) in [5.41, 5.74) is 1.14. The third-order valence-electron chi connectivity index (χ3n) is 2.66. The molecule has 22 heavy (non-hydrogen) atoms. The quantitative estimate of drug-likeness (QED) is 0.367. The van der Waals surface area contributed by atoms with Crippen LogP contribution < -0.4 is 22.6 Å². The topological polar surface area (TPSA) is 70.8 Å². The van der Waals surface area contributed by atoms with Crippen LogP contribution in [0.25, 0.3) is 0 Å². The van der Waals surface area contributed by atoms with E-state index < -0.39 is 0 Å². The number of hydrogen-bond donors (Lipinski definition) is 0. The molecular formula is C16H14ClMnN2O2. The maximum atomic E-state index is 11.4. The van der Waals surface area contributed by atoms with E-state index in [1.54, 1.807) is 48.8 Å². The maximum Gasteiger partial charge on any atom is 3.00 e. The standard InChI is InChI=1S/C16H16N2O2.ClH.Mn/c19-15-7-3-1-5-13(15)11-17-9-10-18-12-14-6-2-4-8-16(14)20;;/h1-8,11-12,19-20H,9-10H2;1H;/q;;+3/p-3. The maximum absolute atomic E-state index is 11.4. The van der Waals surface area contributed by atoms with Gasteiger partial charge >= 0.3 is 17.1 Å². The fourth-order valence-electron chi connectivity index (χ4n) is 1.62. The minimum atomic E-state index is -0.0416. The van der Waals surface area contributed by atoms with Crippen molar-refractivity contribution in [3.63, 3.8) is 0 Å². The van der Waals surface area contributed by atoms with E-state index in [0.29, 0.717) is 24.2 Å². The smallest absolute Gasteiger partial charge is 1.00 e. The van der Waals surface area contributed by atoms with Gasteiger partial charge in [0.05, 0.1) is 13.1 Å². The van der Waals surface area contributed by atoms with E-state index in [1.165, 1.54) is 12.1 Å². The minimum Gasteiger partial charge on any atom is -1.00 e. The normalized spacial score (nSPS) is 10.4. The van der Waals surface area contributed by atoms with E-state index in [2.05, 4.69) is 9.98 Å². The molecule has 0 bridgehead atoms. The fourth-order valence-corrected chi connectivity index (χ4v) is 1.62. The first kappa shape index (κ1) is 20.2. The van der Waals surface area contributed by atoms with Crippen LogP contribution >= 0.6 is 0 Å². The van der Waals surface area contributed by atoms with Gasteiger partial charge in [-0.05, 0) is 11.1 Å². The van der Waals surface area contributed by atoms with Gasteiger partial charge in [-0.25, -0.2) is 0 Å². The van der Waals surface area contributed by atoms with Crippen molar-refractivity contribution in [3.8, 4) is 11.5 Å². The average molecular weight is 357 g/mol. The Bertz CT molecular complexity index is 578. The van der Waals surface area contributed by atoms with Gasteiger partial charge in [-0.1, -0.05) is 48.5 Å². The molecule has 0 radical (unpaired) electrons. The number of aliphatic imine (C=N–C) groups is 2. The van der Waals surface area contributed by atoms with Crippen LogP contribution in [0.1, 0.15) is 11.1 Å². The number of hydrogen-bond acceptors (Lipinski definition) is 4. The second-order valence-corrected chi connectivity index (χ2v) is 4.15. The zero-order valence-corrected chi connectivity index (χ0v) is 13.6. The molecule has 0 N–H and O–H groups in total. The molecule has 0 amide bonds. The Morgan fingerprint density at radius 3 is 1.45 bits per heavy atom. The summed E-state index contributed by atoms with van der Waals surface area (Å²) < 4.78 is 0. The van der Waals surface area contributed by atoms with E-state index >= 15 is 0 Å². The first-order chi connectivity index (χ1) is 9.77. The molecule has 6 heteroatoms. The summed E-state index contributed by atoms with van der Waals surface area (Å²) in [7, 11) is 0. The van der Waals surface area contributed by atoms with Gasteiger partial charge in [0, 0.05) is 12.4 Å².